The van der Waals surface area contributed by atoms with E-state index in [9.17, 15) is 8.42 Å². The number of nitrogens with one attached hydrogen (secondary N) is 1. The first-order valence-electron chi connectivity index (χ1n) is 2.85. The van der Waals surface area contributed by atoms with E-state index in [1.807, 2.05) is 0 Å². The molecule has 0 aromatic heterocycles. The third kappa shape index (κ3) is 1.51. The van der Waals surface area contributed by atoms with Gasteiger partial charge < -0.3 is 5.41 Å². The average molecular weight is 147 g/mol. The second-order valence-corrected chi connectivity index (χ2v) is 4.56. The summed E-state index contributed by atoms with van der Waals surface area (Å²) in [4.78, 5) is 0. The summed E-state index contributed by atoms with van der Waals surface area (Å²) in [5.41, 5.74) is 0. The smallest absolute Gasteiger partial charge is 0.150 e. The van der Waals surface area contributed by atoms with Crippen molar-refractivity contribution in [2.75, 3.05) is 11.5 Å². The van der Waals surface area contributed by atoms with Crippen LogP contribution in [0.2, 0.25) is 0 Å². The number of hydrogen-bond donors (Lipinski definition) is 1. The van der Waals surface area contributed by atoms with Crippen molar-refractivity contribution in [3.63, 3.8) is 0 Å². The van der Waals surface area contributed by atoms with Gasteiger partial charge in [0.25, 0.3) is 0 Å². The van der Waals surface area contributed by atoms with Gasteiger partial charge in [-0.15, -0.1) is 0 Å². The first-order valence-corrected chi connectivity index (χ1v) is 4.67. The van der Waals surface area contributed by atoms with Crippen LogP contribution in [0.1, 0.15) is 6.42 Å². The molecular weight excluding hydrogens is 138 g/mol. The molecular formula is C5H9NO2S. The standard InChI is InChI=1S/C5H9NO2S/c6-3-5-1-2-9(7,8)4-5/h3,5-6H,1-2,4H2. The zero-order valence-corrected chi connectivity index (χ0v) is 5.82. The molecule has 0 saturated carbocycles. The summed E-state index contributed by atoms with van der Waals surface area (Å²) in [5.74, 6) is 0.457. The molecule has 1 aliphatic rings. The Kier molecular flexibility index (Phi) is 1.57. The summed E-state index contributed by atoms with van der Waals surface area (Å²) in [6.45, 7) is 0. The Bertz CT molecular complexity index is 207. The molecule has 9 heavy (non-hydrogen) atoms. The van der Waals surface area contributed by atoms with Crippen LogP contribution < -0.4 is 0 Å². The van der Waals surface area contributed by atoms with E-state index in [1.165, 1.54) is 6.21 Å². The molecule has 1 N–H and O–H groups in total. The van der Waals surface area contributed by atoms with Gasteiger partial charge in [-0.2, -0.15) is 0 Å². The van der Waals surface area contributed by atoms with Crippen molar-refractivity contribution in [1.29, 1.82) is 5.41 Å². The second-order valence-electron chi connectivity index (χ2n) is 2.33. The van der Waals surface area contributed by atoms with E-state index in [1.54, 1.807) is 0 Å². The first-order chi connectivity index (χ1) is 4.14. The summed E-state index contributed by atoms with van der Waals surface area (Å²) in [5, 5.41) is 6.79. The fraction of sp³-hybridized carbons (Fsp3) is 0.800. The number of rotatable bonds is 1. The monoisotopic (exact) mass is 147 g/mol. The fourth-order valence-electron chi connectivity index (χ4n) is 0.955. The lowest BCUT2D eigenvalue weighted by Gasteiger charge is -1.92. The van der Waals surface area contributed by atoms with Gasteiger partial charge in [0.15, 0.2) is 9.84 Å². The molecule has 1 aliphatic heterocycles. The third-order valence-electron chi connectivity index (χ3n) is 1.50. The van der Waals surface area contributed by atoms with Crippen LogP contribution in [0.25, 0.3) is 0 Å². The van der Waals surface area contributed by atoms with Crippen LogP contribution in [-0.2, 0) is 9.84 Å². The van der Waals surface area contributed by atoms with Crippen LogP contribution >= 0.6 is 0 Å². The van der Waals surface area contributed by atoms with Crippen LogP contribution in [0.5, 0.6) is 0 Å². The van der Waals surface area contributed by atoms with E-state index < -0.39 is 9.84 Å². The summed E-state index contributed by atoms with van der Waals surface area (Å²) >= 11 is 0. The minimum Gasteiger partial charge on any atom is -0.313 e. The molecule has 1 saturated heterocycles. The van der Waals surface area contributed by atoms with E-state index >= 15 is 0 Å². The Morgan fingerprint density at radius 3 is 2.44 bits per heavy atom. The Balaban J connectivity index is 2.68. The summed E-state index contributed by atoms with van der Waals surface area (Å²) in [6, 6.07) is 0. The Morgan fingerprint density at radius 2 is 2.22 bits per heavy atom. The van der Waals surface area contributed by atoms with Crippen molar-refractivity contribution >= 4 is 16.1 Å². The molecule has 0 amide bonds. The summed E-state index contributed by atoms with van der Waals surface area (Å²) in [6.07, 6.45) is 1.87. The molecule has 1 atom stereocenters. The predicted molar refractivity (Wildman–Crippen MR) is 35.5 cm³/mol. The van der Waals surface area contributed by atoms with E-state index in [2.05, 4.69) is 0 Å². The lowest BCUT2D eigenvalue weighted by atomic mass is 10.1. The molecule has 1 fully saturated rings. The SMILES string of the molecule is N=CC1CCS(=O)(=O)C1. The van der Waals surface area contributed by atoms with Crippen LogP contribution in [0.4, 0.5) is 0 Å². The van der Waals surface area contributed by atoms with Gasteiger partial charge in [0.2, 0.25) is 0 Å². The van der Waals surface area contributed by atoms with Gasteiger partial charge in [-0.3, -0.25) is 0 Å². The summed E-state index contributed by atoms with van der Waals surface area (Å²) < 4.78 is 21.4. The average Bonchev–Trinajstić information content (AvgIpc) is 2.10. The molecule has 0 aliphatic carbocycles. The van der Waals surface area contributed by atoms with Gasteiger partial charge >= 0.3 is 0 Å². The second kappa shape index (κ2) is 2.10. The first kappa shape index (κ1) is 6.74. The molecule has 52 valence electrons. The maximum Gasteiger partial charge on any atom is 0.150 e. The molecule has 0 bridgehead atoms. The van der Waals surface area contributed by atoms with E-state index in [-0.39, 0.29) is 17.4 Å². The highest BCUT2D eigenvalue weighted by molar-refractivity contribution is 7.91. The highest BCUT2D eigenvalue weighted by atomic mass is 32.2. The van der Waals surface area contributed by atoms with Crippen molar-refractivity contribution in [3.8, 4) is 0 Å². The van der Waals surface area contributed by atoms with Crippen molar-refractivity contribution in [2.45, 2.75) is 6.42 Å². The molecule has 1 rings (SSSR count). The Morgan fingerprint density at radius 1 is 1.56 bits per heavy atom. The molecule has 0 radical (unpaired) electrons. The highest BCUT2D eigenvalue weighted by Gasteiger charge is 2.25. The van der Waals surface area contributed by atoms with Gasteiger partial charge in [-0.05, 0) is 12.6 Å². The van der Waals surface area contributed by atoms with Crippen LogP contribution in [0, 0.1) is 11.3 Å². The van der Waals surface area contributed by atoms with Gasteiger partial charge in [-0.1, -0.05) is 0 Å². The zero-order valence-electron chi connectivity index (χ0n) is 5.00. The summed E-state index contributed by atoms with van der Waals surface area (Å²) in [7, 11) is -2.76. The normalized spacial score (nSPS) is 32.2. The lowest BCUT2D eigenvalue weighted by molar-refractivity contribution is 0.601. The van der Waals surface area contributed by atoms with Crippen LogP contribution in [0.15, 0.2) is 0 Å². The van der Waals surface area contributed by atoms with Crippen molar-refractivity contribution in [1.82, 2.24) is 0 Å². The number of sulfone groups is 1. The fourth-order valence-corrected chi connectivity index (χ4v) is 2.70. The minimum absolute atomic E-state index is 0.00463. The highest BCUT2D eigenvalue weighted by Crippen LogP contribution is 2.15. The Labute approximate surface area is 54.5 Å². The van der Waals surface area contributed by atoms with Crippen molar-refractivity contribution in [3.05, 3.63) is 0 Å². The minimum atomic E-state index is -2.76. The van der Waals surface area contributed by atoms with Crippen LogP contribution in [0.3, 0.4) is 0 Å². The molecule has 0 aromatic rings. The largest absolute Gasteiger partial charge is 0.313 e. The number of hydrogen-bond acceptors (Lipinski definition) is 3. The molecule has 1 heterocycles. The molecule has 3 nitrogen and oxygen atoms in total. The Hall–Kier alpha value is -0.380. The van der Waals surface area contributed by atoms with Gasteiger partial charge in [0, 0.05) is 5.92 Å². The lowest BCUT2D eigenvalue weighted by Crippen LogP contribution is -2.04. The van der Waals surface area contributed by atoms with Crippen LogP contribution in [-0.4, -0.2) is 26.1 Å². The van der Waals surface area contributed by atoms with Crippen molar-refractivity contribution in [2.24, 2.45) is 5.92 Å². The van der Waals surface area contributed by atoms with E-state index in [0.717, 1.165) is 0 Å². The maximum atomic E-state index is 10.7. The van der Waals surface area contributed by atoms with E-state index in [4.69, 9.17) is 5.41 Å². The molecule has 1 unspecified atom stereocenters. The zero-order chi connectivity index (χ0) is 6.91. The molecule has 0 spiro atoms. The predicted octanol–water partition coefficient (Wildman–Crippen LogP) is 0.0707. The maximum absolute atomic E-state index is 10.7. The van der Waals surface area contributed by atoms with E-state index in [0.29, 0.717) is 6.42 Å². The molecule has 4 heteroatoms. The van der Waals surface area contributed by atoms with Gasteiger partial charge in [-0.25, -0.2) is 8.42 Å². The third-order valence-corrected chi connectivity index (χ3v) is 3.30. The van der Waals surface area contributed by atoms with Gasteiger partial charge in [0.1, 0.15) is 0 Å². The molecule has 0 aromatic carbocycles. The van der Waals surface area contributed by atoms with Gasteiger partial charge in [0.05, 0.1) is 11.5 Å². The van der Waals surface area contributed by atoms with Crippen molar-refractivity contribution < 1.29 is 8.42 Å². The quantitative estimate of drug-likeness (QED) is 0.533. The topological polar surface area (TPSA) is 58.0 Å².